The Morgan fingerprint density at radius 1 is 1.59 bits per heavy atom. The zero-order valence-corrected chi connectivity index (χ0v) is 10.3. The maximum atomic E-state index is 11.1. The smallest absolute Gasteiger partial charge is 0.356 e. The zero-order valence-electron chi connectivity index (χ0n) is 9.51. The number of imidazole rings is 1. The first-order valence-electron chi connectivity index (χ1n) is 4.94. The van der Waals surface area contributed by atoms with Crippen molar-refractivity contribution in [3.63, 3.8) is 0 Å². The molecule has 2 aromatic heterocycles. The van der Waals surface area contributed by atoms with Gasteiger partial charge in [-0.3, -0.25) is 4.40 Å². The van der Waals surface area contributed by atoms with Crippen molar-refractivity contribution in [1.29, 1.82) is 0 Å². The molecule has 0 spiro atoms. The van der Waals surface area contributed by atoms with Gasteiger partial charge >= 0.3 is 5.97 Å². The summed E-state index contributed by atoms with van der Waals surface area (Å²) >= 11 is 1.59. The van der Waals surface area contributed by atoms with Crippen molar-refractivity contribution in [2.24, 2.45) is 0 Å². The number of aromatic nitrogens is 2. The van der Waals surface area contributed by atoms with Gasteiger partial charge in [-0.05, 0) is 18.4 Å². The highest BCUT2D eigenvalue weighted by Crippen LogP contribution is 2.20. The first kappa shape index (κ1) is 11.8. The number of hydrogen-bond donors (Lipinski definition) is 1. The minimum atomic E-state index is -1.01. The number of carbonyl (C=O) groups is 1. The van der Waals surface area contributed by atoms with Gasteiger partial charge in [-0.2, -0.15) is 11.8 Å². The molecule has 0 bridgehead atoms. The van der Waals surface area contributed by atoms with E-state index in [9.17, 15) is 4.79 Å². The molecule has 1 N–H and O–H groups in total. The van der Waals surface area contributed by atoms with Crippen LogP contribution >= 0.6 is 11.8 Å². The Bertz CT molecular complexity index is 565. The van der Waals surface area contributed by atoms with Crippen LogP contribution in [0.25, 0.3) is 5.52 Å². The number of ether oxygens (including phenoxy) is 1. The van der Waals surface area contributed by atoms with E-state index in [-0.39, 0.29) is 5.69 Å². The minimum absolute atomic E-state index is 0.0803. The van der Waals surface area contributed by atoms with Crippen molar-refractivity contribution < 1.29 is 14.6 Å². The third-order valence-corrected chi connectivity index (χ3v) is 2.94. The highest BCUT2D eigenvalue weighted by Gasteiger charge is 2.16. The summed E-state index contributed by atoms with van der Waals surface area (Å²) in [6.07, 6.45) is 3.70. The summed E-state index contributed by atoms with van der Waals surface area (Å²) < 4.78 is 6.89. The van der Waals surface area contributed by atoms with Crippen molar-refractivity contribution >= 4 is 23.2 Å². The lowest BCUT2D eigenvalue weighted by Gasteiger charge is -2.03. The Kier molecular flexibility index (Phi) is 3.23. The van der Waals surface area contributed by atoms with Crippen molar-refractivity contribution in [2.75, 3.05) is 13.4 Å². The van der Waals surface area contributed by atoms with Crippen molar-refractivity contribution in [3.05, 3.63) is 29.8 Å². The molecule has 17 heavy (non-hydrogen) atoms. The number of fused-ring (bicyclic) bond motifs is 1. The number of carboxylic acids is 1. The molecule has 0 aliphatic carbocycles. The molecule has 0 saturated heterocycles. The summed E-state index contributed by atoms with van der Waals surface area (Å²) in [5, 5.41) is 9.08. The molecule has 0 atom stereocenters. The van der Waals surface area contributed by atoms with Gasteiger partial charge in [0.05, 0.1) is 24.6 Å². The SMILES string of the molecule is COc1ccc2c(C(=O)O)nc(CSC)n2c1. The van der Waals surface area contributed by atoms with Crippen LogP contribution < -0.4 is 4.74 Å². The van der Waals surface area contributed by atoms with Crippen molar-refractivity contribution in [3.8, 4) is 5.75 Å². The van der Waals surface area contributed by atoms with Gasteiger partial charge in [0.15, 0.2) is 5.69 Å². The maximum Gasteiger partial charge on any atom is 0.356 e. The summed E-state index contributed by atoms with van der Waals surface area (Å²) in [5.74, 6) is 1.03. The molecule has 90 valence electrons. The average Bonchev–Trinajstić information content (AvgIpc) is 2.68. The average molecular weight is 252 g/mol. The summed E-state index contributed by atoms with van der Waals surface area (Å²) in [6.45, 7) is 0. The minimum Gasteiger partial charge on any atom is -0.495 e. The molecule has 5 nitrogen and oxygen atoms in total. The van der Waals surface area contributed by atoms with Gasteiger partial charge in [0.1, 0.15) is 11.6 Å². The predicted molar refractivity (Wildman–Crippen MR) is 65.9 cm³/mol. The second-order valence-electron chi connectivity index (χ2n) is 3.44. The number of nitrogens with zero attached hydrogens (tertiary/aromatic N) is 2. The van der Waals surface area contributed by atoms with Crippen LogP contribution in [0.15, 0.2) is 18.3 Å². The number of hydrogen-bond acceptors (Lipinski definition) is 4. The molecule has 0 saturated carbocycles. The molecule has 6 heteroatoms. The van der Waals surface area contributed by atoms with Crippen LogP contribution in [0.3, 0.4) is 0 Å². The highest BCUT2D eigenvalue weighted by atomic mass is 32.2. The number of thioether (sulfide) groups is 1. The molecule has 0 unspecified atom stereocenters. The number of aromatic carboxylic acids is 1. The Labute approximate surface area is 102 Å². The summed E-state index contributed by atoms with van der Waals surface area (Å²) in [6, 6.07) is 3.44. The fourth-order valence-corrected chi connectivity index (χ4v) is 2.10. The quantitative estimate of drug-likeness (QED) is 0.900. The molecule has 0 aliphatic rings. The van der Waals surface area contributed by atoms with Crippen LogP contribution in [0, 0.1) is 0 Å². The second kappa shape index (κ2) is 4.67. The molecule has 0 amide bonds. The monoisotopic (exact) mass is 252 g/mol. The normalized spacial score (nSPS) is 10.7. The van der Waals surface area contributed by atoms with Gasteiger partial charge in [0.2, 0.25) is 0 Å². The molecule has 2 aromatic rings. The van der Waals surface area contributed by atoms with Crippen LogP contribution in [0.1, 0.15) is 16.3 Å². The molecule has 0 radical (unpaired) electrons. The van der Waals surface area contributed by atoms with Crippen molar-refractivity contribution in [1.82, 2.24) is 9.38 Å². The van der Waals surface area contributed by atoms with Crippen LogP contribution in [-0.2, 0) is 5.75 Å². The van der Waals surface area contributed by atoms with Crippen molar-refractivity contribution in [2.45, 2.75) is 5.75 Å². The zero-order chi connectivity index (χ0) is 12.4. The molecule has 2 heterocycles. The Morgan fingerprint density at radius 2 is 2.35 bits per heavy atom. The van der Waals surface area contributed by atoms with E-state index in [0.29, 0.717) is 22.8 Å². The highest BCUT2D eigenvalue weighted by molar-refractivity contribution is 7.97. The fraction of sp³-hybridized carbons (Fsp3) is 0.273. The summed E-state index contributed by atoms with van der Waals surface area (Å²) in [5.41, 5.74) is 0.666. The predicted octanol–water partition coefficient (Wildman–Crippen LogP) is 1.90. The van der Waals surface area contributed by atoms with E-state index in [1.807, 2.05) is 6.26 Å². The van der Waals surface area contributed by atoms with Crippen LogP contribution in [-0.4, -0.2) is 33.8 Å². The number of rotatable bonds is 4. The second-order valence-corrected chi connectivity index (χ2v) is 4.30. The van der Waals surface area contributed by atoms with E-state index in [4.69, 9.17) is 9.84 Å². The third-order valence-electron chi connectivity index (χ3n) is 2.39. The Balaban J connectivity index is 2.67. The van der Waals surface area contributed by atoms with Gasteiger partial charge in [-0.15, -0.1) is 0 Å². The largest absolute Gasteiger partial charge is 0.495 e. The van der Waals surface area contributed by atoms with E-state index in [1.54, 1.807) is 41.6 Å². The topological polar surface area (TPSA) is 63.8 Å². The standard InChI is InChI=1S/C11H12N2O3S/c1-16-7-3-4-8-10(11(14)15)12-9(6-17-2)13(8)5-7/h3-5H,6H2,1-2H3,(H,14,15). The molecule has 0 aromatic carbocycles. The molecule has 0 fully saturated rings. The Morgan fingerprint density at radius 3 is 2.94 bits per heavy atom. The van der Waals surface area contributed by atoms with Gasteiger partial charge in [0.25, 0.3) is 0 Å². The lowest BCUT2D eigenvalue weighted by Crippen LogP contribution is -1.97. The molecule has 2 rings (SSSR count). The summed E-state index contributed by atoms with van der Waals surface area (Å²) in [4.78, 5) is 15.2. The van der Waals surface area contributed by atoms with Crippen LogP contribution in [0.2, 0.25) is 0 Å². The summed E-state index contributed by atoms with van der Waals surface area (Å²) in [7, 11) is 1.57. The lowest BCUT2D eigenvalue weighted by molar-refractivity contribution is 0.0693. The number of carboxylic acid groups (broad SMARTS) is 1. The number of methoxy groups -OCH3 is 1. The maximum absolute atomic E-state index is 11.1. The fourth-order valence-electron chi connectivity index (χ4n) is 1.64. The van der Waals surface area contributed by atoms with Crippen LogP contribution in [0.4, 0.5) is 0 Å². The van der Waals surface area contributed by atoms with E-state index in [1.165, 1.54) is 0 Å². The van der Waals surface area contributed by atoms with E-state index >= 15 is 0 Å². The number of pyridine rings is 1. The van der Waals surface area contributed by atoms with E-state index in [2.05, 4.69) is 4.98 Å². The Hall–Kier alpha value is -1.69. The van der Waals surface area contributed by atoms with E-state index in [0.717, 1.165) is 0 Å². The van der Waals surface area contributed by atoms with Gasteiger partial charge in [-0.1, -0.05) is 0 Å². The molecule has 0 aliphatic heterocycles. The molecular formula is C11H12N2O3S. The first-order valence-corrected chi connectivity index (χ1v) is 6.34. The lowest BCUT2D eigenvalue weighted by atomic mass is 10.3. The molecular weight excluding hydrogens is 240 g/mol. The van der Waals surface area contributed by atoms with Gasteiger partial charge in [-0.25, -0.2) is 9.78 Å². The third kappa shape index (κ3) is 2.08. The van der Waals surface area contributed by atoms with Gasteiger partial charge < -0.3 is 9.84 Å². The van der Waals surface area contributed by atoms with Gasteiger partial charge in [0, 0.05) is 0 Å². The van der Waals surface area contributed by atoms with E-state index < -0.39 is 5.97 Å². The van der Waals surface area contributed by atoms with Crippen LogP contribution in [0.5, 0.6) is 5.75 Å². The first-order chi connectivity index (χ1) is 8.17.